The van der Waals surface area contributed by atoms with E-state index in [9.17, 15) is 4.79 Å². The minimum atomic E-state index is -0.137. The summed E-state index contributed by atoms with van der Waals surface area (Å²) in [5.41, 5.74) is 3.18. The maximum atomic E-state index is 12.1. The second-order valence-electron chi connectivity index (χ2n) is 4.05. The molecule has 0 radical (unpaired) electrons. The number of nitrogens with one attached hydrogen (secondary N) is 1. The number of pyridine rings is 1. The summed E-state index contributed by atoms with van der Waals surface area (Å²) < 4.78 is 1.03. The molecule has 0 bridgehead atoms. The first kappa shape index (κ1) is 12.8. The lowest BCUT2D eigenvalue weighted by atomic mass is 10.1. The van der Waals surface area contributed by atoms with Crippen LogP contribution in [0.5, 0.6) is 0 Å². The van der Waals surface area contributed by atoms with Gasteiger partial charge in [-0.05, 0) is 49.7 Å². The Bertz CT molecular complexity index is 596. The third-order valence-electron chi connectivity index (χ3n) is 2.67. The normalized spacial score (nSPS) is 10.2. The van der Waals surface area contributed by atoms with E-state index in [0.717, 1.165) is 21.4 Å². The first-order chi connectivity index (χ1) is 8.58. The Morgan fingerprint density at radius 3 is 2.72 bits per heavy atom. The van der Waals surface area contributed by atoms with Gasteiger partial charge in [0.1, 0.15) is 0 Å². The molecular formula is C14H13BrN2O. The number of hydrogen-bond acceptors (Lipinski definition) is 2. The van der Waals surface area contributed by atoms with Crippen LogP contribution in [-0.2, 0) is 0 Å². The van der Waals surface area contributed by atoms with Crippen molar-refractivity contribution >= 4 is 27.5 Å². The van der Waals surface area contributed by atoms with Gasteiger partial charge in [-0.2, -0.15) is 0 Å². The molecule has 92 valence electrons. The summed E-state index contributed by atoms with van der Waals surface area (Å²) in [6, 6.07) is 9.23. The van der Waals surface area contributed by atoms with E-state index in [1.54, 1.807) is 18.3 Å². The molecule has 0 aliphatic carbocycles. The summed E-state index contributed by atoms with van der Waals surface area (Å²) in [5, 5.41) is 2.87. The zero-order chi connectivity index (χ0) is 13.1. The Labute approximate surface area is 114 Å². The van der Waals surface area contributed by atoms with E-state index in [4.69, 9.17) is 0 Å². The lowest BCUT2D eigenvalue weighted by Crippen LogP contribution is -2.13. The predicted octanol–water partition coefficient (Wildman–Crippen LogP) is 3.71. The van der Waals surface area contributed by atoms with Crippen LogP contribution in [0.3, 0.4) is 0 Å². The van der Waals surface area contributed by atoms with Crippen molar-refractivity contribution in [3.63, 3.8) is 0 Å². The Morgan fingerprint density at radius 1 is 1.28 bits per heavy atom. The highest BCUT2D eigenvalue weighted by atomic mass is 79.9. The lowest BCUT2D eigenvalue weighted by Gasteiger charge is -2.08. The van der Waals surface area contributed by atoms with Gasteiger partial charge in [0.15, 0.2) is 0 Å². The summed E-state index contributed by atoms with van der Waals surface area (Å²) in [6.07, 6.45) is 1.68. The fourth-order valence-electron chi connectivity index (χ4n) is 1.65. The van der Waals surface area contributed by atoms with Crippen LogP contribution < -0.4 is 5.32 Å². The van der Waals surface area contributed by atoms with E-state index in [1.165, 1.54) is 0 Å². The molecule has 0 unspecified atom stereocenters. The van der Waals surface area contributed by atoms with E-state index >= 15 is 0 Å². The van der Waals surface area contributed by atoms with Gasteiger partial charge in [-0.1, -0.05) is 15.9 Å². The number of carbonyl (C=O) groups excluding carboxylic acids is 1. The largest absolute Gasteiger partial charge is 0.322 e. The number of carbonyl (C=O) groups is 1. The smallest absolute Gasteiger partial charge is 0.257 e. The summed E-state index contributed by atoms with van der Waals surface area (Å²) in [6.45, 7) is 3.80. The molecule has 0 spiro atoms. The van der Waals surface area contributed by atoms with Crippen molar-refractivity contribution in [2.24, 2.45) is 0 Å². The number of benzene rings is 1. The maximum absolute atomic E-state index is 12.1. The zero-order valence-corrected chi connectivity index (χ0v) is 11.8. The standard InChI is InChI=1S/C14H13BrN2O/c1-9-8-11(5-6-13(9)15)17-14(18)12-4-3-7-16-10(12)2/h3-8H,1-2H3,(H,17,18). The van der Waals surface area contributed by atoms with E-state index in [0.29, 0.717) is 5.56 Å². The molecule has 0 aliphatic rings. The molecule has 0 saturated heterocycles. The maximum Gasteiger partial charge on any atom is 0.257 e. The molecule has 1 aromatic heterocycles. The fraction of sp³-hybridized carbons (Fsp3) is 0.143. The molecule has 0 atom stereocenters. The van der Waals surface area contributed by atoms with Crippen LogP contribution in [-0.4, -0.2) is 10.9 Å². The van der Waals surface area contributed by atoms with Crippen LogP contribution in [0.2, 0.25) is 0 Å². The van der Waals surface area contributed by atoms with E-state index in [2.05, 4.69) is 26.2 Å². The monoisotopic (exact) mass is 304 g/mol. The van der Waals surface area contributed by atoms with Crippen molar-refractivity contribution < 1.29 is 4.79 Å². The number of hydrogen-bond donors (Lipinski definition) is 1. The Balaban J connectivity index is 2.22. The van der Waals surface area contributed by atoms with Crippen molar-refractivity contribution in [1.82, 2.24) is 4.98 Å². The molecule has 0 aliphatic heterocycles. The number of halogens is 1. The van der Waals surface area contributed by atoms with Crippen molar-refractivity contribution in [1.29, 1.82) is 0 Å². The van der Waals surface area contributed by atoms with Crippen molar-refractivity contribution in [3.05, 3.63) is 57.8 Å². The first-order valence-corrected chi connectivity index (χ1v) is 6.36. The van der Waals surface area contributed by atoms with Gasteiger partial charge in [-0.25, -0.2) is 0 Å². The Kier molecular flexibility index (Phi) is 3.77. The van der Waals surface area contributed by atoms with Gasteiger partial charge in [0.25, 0.3) is 5.91 Å². The number of aromatic nitrogens is 1. The van der Waals surface area contributed by atoms with Crippen LogP contribution in [0.4, 0.5) is 5.69 Å². The number of nitrogens with zero attached hydrogens (tertiary/aromatic N) is 1. The number of amides is 1. The van der Waals surface area contributed by atoms with Crippen LogP contribution >= 0.6 is 15.9 Å². The topological polar surface area (TPSA) is 42.0 Å². The molecule has 0 saturated carbocycles. The average Bonchev–Trinajstić information content (AvgIpc) is 2.34. The molecule has 1 N–H and O–H groups in total. The van der Waals surface area contributed by atoms with Gasteiger partial charge >= 0.3 is 0 Å². The van der Waals surface area contributed by atoms with Gasteiger partial charge < -0.3 is 5.32 Å². The van der Waals surface area contributed by atoms with Crippen molar-refractivity contribution in [2.75, 3.05) is 5.32 Å². The Morgan fingerprint density at radius 2 is 2.06 bits per heavy atom. The molecule has 2 aromatic rings. The third kappa shape index (κ3) is 2.76. The summed E-state index contributed by atoms with van der Waals surface area (Å²) in [5.74, 6) is -0.137. The molecule has 18 heavy (non-hydrogen) atoms. The van der Waals surface area contributed by atoms with Crippen LogP contribution in [0.15, 0.2) is 41.0 Å². The van der Waals surface area contributed by atoms with Crippen molar-refractivity contribution in [3.8, 4) is 0 Å². The first-order valence-electron chi connectivity index (χ1n) is 5.57. The second-order valence-corrected chi connectivity index (χ2v) is 4.91. The quantitative estimate of drug-likeness (QED) is 0.919. The van der Waals surface area contributed by atoms with Gasteiger partial charge in [0.2, 0.25) is 0 Å². The highest BCUT2D eigenvalue weighted by molar-refractivity contribution is 9.10. The number of rotatable bonds is 2. The SMILES string of the molecule is Cc1cc(NC(=O)c2cccnc2C)ccc1Br. The zero-order valence-electron chi connectivity index (χ0n) is 10.2. The third-order valence-corrected chi connectivity index (χ3v) is 3.56. The molecule has 1 aromatic carbocycles. The molecule has 3 nitrogen and oxygen atoms in total. The van der Waals surface area contributed by atoms with Crippen LogP contribution in [0.1, 0.15) is 21.6 Å². The second kappa shape index (κ2) is 5.31. The van der Waals surface area contributed by atoms with E-state index in [-0.39, 0.29) is 5.91 Å². The van der Waals surface area contributed by atoms with Crippen LogP contribution in [0, 0.1) is 13.8 Å². The molecule has 4 heteroatoms. The van der Waals surface area contributed by atoms with Crippen LogP contribution in [0.25, 0.3) is 0 Å². The number of aryl methyl sites for hydroxylation is 2. The van der Waals surface area contributed by atoms with Gasteiger partial charge in [0, 0.05) is 22.1 Å². The van der Waals surface area contributed by atoms with E-state index < -0.39 is 0 Å². The molecule has 1 heterocycles. The van der Waals surface area contributed by atoms with Gasteiger partial charge in [-0.15, -0.1) is 0 Å². The minimum absolute atomic E-state index is 0.137. The highest BCUT2D eigenvalue weighted by Crippen LogP contribution is 2.20. The summed E-state index contributed by atoms with van der Waals surface area (Å²) in [4.78, 5) is 16.2. The van der Waals surface area contributed by atoms with E-state index in [1.807, 2.05) is 32.0 Å². The molecular weight excluding hydrogens is 292 g/mol. The molecule has 0 fully saturated rings. The van der Waals surface area contributed by atoms with Gasteiger partial charge in [0.05, 0.1) is 5.56 Å². The summed E-state index contributed by atoms with van der Waals surface area (Å²) >= 11 is 3.43. The molecule has 2 rings (SSSR count). The minimum Gasteiger partial charge on any atom is -0.322 e. The van der Waals surface area contributed by atoms with Gasteiger partial charge in [-0.3, -0.25) is 9.78 Å². The Hall–Kier alpha value is -1.68. The predicted molar refractivity (Wildman–Crippen MR) is 75.8 cm³/mol. The highest BCUT2D eigenvalue weighted by Gasteiger charge is 2.09. The lowest BCUT2D eigenvalue weighted by molar-refractivity contribution is 0.102. The average molecular weight is 305 g/mol. The molecule has 1 amide bonds. The van der Waals surface area contributed by atoms with Crippen molar-refractivity contribution in [2.45, 2.75) is 13.8 Å². The number of anilines is 1. The fourth-order valence-corrected chi connectivity index (χ4v) is 1.89. The summed E-state index contributed by atoms with van der Waals surface area (Å²) in [7, 11) is 0.